The number of nitrogens with one attached hydrogen (secondary N) is 1. The van der Waals surface area contributed by atoms with E-state index in [1.807, 2.05) is 0 Å². The van der Waals surface area contributed by atoms with Crippen LogP contribution in [0.2, 0.25) is 0 Å². The Balaban J connectivity index is 0.000000190. The molecule has 25 heavy (non-hydrogen) atoms. The minimum Gasteiger partial charge on any atom is -0.329 e. The van der Waals surface area contributed by atoms with Crippen LogP contribution in [-0.4, -0.2) is 4.98 Å². The maximum Gasteiger partial charge on any atom is 0.247 e. The van der Waals surface area contributed by atoms with Crippen LogP contribution >= 0.6 is 0 Å². The van der Waals surface area contributed by atoms with Gasteiger partial charge in [0, 0.05) is 12.3 Å². The molecule has 0 saturated heterocycles. The van der Waals surface area contributed by atoms with Gasteiger partial charge in [-0.2, -0.15) is 0 Å². The van der Waals surface area contributed by atoms with Gasteiger partial charge in [0.15, 0.2) is 0 Å². The quantitative estimate of drug-likeness (QED) is 0.440. The van der Waals surface area contributed by atoms with E-state index < -0.39 is 0 Å². The normalized spacial score (nSPS) is 13.1. The highest BCUT2D eigenvalue weighted by molar-refractivity contribution is 6.08. The minimum absolute atomic E-state index is 0.0532. The van der Waals surface area contributed by atoms with Gasteiger partial charge in [-0.05, 0) is 64.4 Å². The largest absolute Gasteiger partial charge is 0.329 e. The summed E-state index contributed by atoms with van der Waals surface area (Å²) in [7, 11) is 0. The summed E-state index contributed by atoms with van der Waals surface area (Å²) in [4.78, 5) is 12.7. The number of aromatic nitrogens is 1. The first-order chi connectivity index (χ1) is 12.3. The highest BCUT2D eigenvalue weighted by Gasteiger charge is 2.13. The molecule has 0 spiro atoms. The highest BCUT2D eigenvalue weighted by Crippen LogP contribution is 2.33. The Morgan fingerprint density at radius 2 is 1.48 bits per heavy atom. The van der Waals surface area contributed by atoms with E-state index in [9.17, 15) is 4.79 Å². The van der Waals surface area contributed by atoms with Crippen LogP contribution in [0.5, 0.6) is 0 Å². The number of hydrogen-bond donors (Lipinski definition) is 1. The Morgan fingerprint density at radius 1 is 0.680 bits per heavy atom. The van der Waals surface area contributed by atoms with Crippen molar-refractivity contribution in [1.29, 1.82) is 0 Å². The van der Waals surface area contributed by atoms with E-state index in [0.29, 0.717) is 0 Å². The standard InChI is InChI=1S/C18H16.C5H5NO/c1-3-7-15-13(5-1)9-11-18-16-8-4-2-6-14(16)10-12-17(15)18;7-5-3-1-2-4-6-5/h1,3,5,7,9-12H,2,4,6,8H2;1-4H,(H,6,7). The Bertz CT molecular complexity index is 1060. The van der Waals surface area contributed by atoms with Crippen molar-refractivity contribution in [2.24, 2.45) is 0 Å². The van der Waals surface area contributed by atoms with E-state index in [1.165, 1.54) is 53.3 Å². The summed E-state index contributed by atoms with van der Waals surface area (Å²) in [6.07, 6.45) is 6.82. The molecule has 3 aromatic carbocycles. The van der Waals surface area contributed by atoms with Crippen molar-refractivity contribution in [2.45, 2.75) is 25.7 Å². The molecule has 0 amide bonds. The summed E-state index contributed by atoms with van der Waals surface area (Å²) in [6.45, 7) is 0. The number of H-pyrrole nitrogens is 1. The zero-order valence-electron chi connectivity index (χ0n) is 14.2. The first-order valence-corrected chi connectivity index (χ1v) is 8.89. The van der Waals surface area contributed by atoms with Crippen molar-refractivity contribution in [3.05, 3.63) is 94.4 Å². The van der Waals surface area contributed by atoms with Gasteiger partial charge in [0.1, 0.15) is 0 Å². The first-order valence-electron chi connectivity index (χ1n) is 8.89. The number of hydrogen-bond acceptors (Lipinski definition) is 1. The average Bonchev–Trinajstić information content (AvgIpc) is 2.68. The minimum atomic E-state index is -0.0532. The molecule has 1 aliphatic carbocycles. The van der Waals surface area contributed by atoms with Crippen LogP contribution in [0.25, 0.3) is 21.5 Å². The van der Waals surface area contributed by atoms with Crippen molar-refractivity contribution < 1.29 is 0 Å². The Morgan fingerprint density at radius 3 is 2.28 bits per heavy atom. The predicted molar refractivity (Wildman–Crippen MR) is 105 cm³/mol. The van der Waals surface area contributed by atoms with Crippen LogP contribution in [0, 0.1) is 0 Å². The Hall–Kier alpha value is -2.87. The maximum atomic E-state index is 10.2. The molecular formula is C23H21NO. The Kier molecular flexibility index (Phi) is 4.34. The van der Waals surface area contributed by atoms with E-state index in [4.69, 9.17) is 0 Å². The molecule has 0 unspecified atom stereocenters. The highest BCUT2D eigenvalue weighted by atomic mass is 16.1. The molecule has 1 aliphatic rings. The van der Waals surface area contributed by atoms with Gasteiger partial charge in [0.2, 0.25) is 5.56 Å². The third kappa shape index (κ3) is 3.20. The summed E-state index contributed by atoms with van der Waals surface area (Å²) in [5.74, 6) is 0. The molecule has 124 valence electrons. The molecule has 0 aliphatic heterocycles. The number of aryl methyl sites for hydroxylation is 2. The van der Waals surface area contributed by atoms with Crippen LogP contribution in [0.3, 0.4) is 0 Å². The lowest BCUT2D eigenvalue weighted by atomic mass is 9.86. The molecule has 1 aromatic heterocycles. The summed E-state index contributed by atoms with van der Waals surface area (Å²) in [6, 6.07) is 22.9. The van der Waals surface area contributed by atoms with Crippen LogP contribution in [0.15, 0.2) is 77.7 Å². The fraction of sp³-hybridized carbons (Fsp3) is 0.174. The van der Waals surface area contributed by atoms with Gasteiger partial charge in [-0.3, -0.25) is 4.79 Å². The van der Waals surface area contributed by atoms with Crippen molar-refractivity contribution in [3.8, 4) is 0 Å². The number of aromatic amines is 1. The lowest BCUT2D eigenvalue weighted by Gasteiger charge is -2.18. The van der Waals surface area contributed by atoms with Gasteiger partial charge in [-0.15, -0.1) is 0 Å². The average molecular weight is 327 g/mol. The summed E-state index contributed by atoms with van der Waals surface area (Å²) in [5, 5.41) is 5.64. The van der Waals surface area contributed by atoms with E-state index in [-0.39, 0.29) is 5.56 Å². The van der Waals surface area contributed by atoms with Crippen LogP contribution in [0.4, 0.5) is 0 Å². The fourth-order valence-electron chi connectivity index (χ4n) is 3.72. The number of pyridine rings is 1. The SMILES string of the molecule is O=c1cccc[nH]1.c1ccc2c(c1)ccc1c3c(ccc12)CCCC3. The monoisotopic (exact) mass is 327 g/mol. The molecule has 2 heteroatoms. The molecule has 2 nitrogen and oxygen atoms in total. The second-order valence-corrected chi connectivity index (χ2v) is 6.52. The Labute approximate surface area is 147 Å². The maximum absolute atomic E-state index is 10.2. The zero-order valence-corrected chi connectivity index (χ0v) is 14.2. The van der Waals surface area contributed by atoms with Gasteiger partial charge in [-0.25, -0.2) is 0 Å². The van der Waals surface area contributed by atoms with Gasteiger partial charge in [0.25, 0.3) is 0 Å². The van der Waals surface area contributed by atoms with Crippen molar-refractivity contribution in [1.82, 2.24) is 4.98 Å². The second kappa shape index (κ2) is 6.94. The lowest BCUT2D eigenvalue weighted by Crippen LogP contribution is -2.02. The van der Waals surface area contributed by atoms with Crippen LogP contribution < -0.4 is 5.56 Å². The number of rotatable bonds is 0. The van der Waals surface area contributed by atoms with Crippen molar-refractivity contribution >= 4 is 21.5 Å². The molecule has 1 heterocycles. The lowest BCUT2D eigenvalue weighted by molar-refractivity contribution is 0.690. The molecule has 0 saturated carbocycles. The summed E-state index contributed by atoms with van der Waals surface area (Å²) < 4.78 is 0. The summed E-state index contributed by atoms with van der Waals surface area (Å²) >= 11 is 0. The molecule has 0 fully saturated rings. The zero-order chi connectivity index (χ0) is 17.1. The molecule has 0 bridgehead atoms. The van der Waals surface area contributed by atoms with Gasteiger partial charge in [-0.1, -0.05) is 54.6 Å². The van der Waals surface area contributed by atoms with E-state index in [0.717, 1.165) is 0 Å². The number of fused-ring (bicyclic) bond motifs is 5. The second-order valence-electron chi connectivity index (χ2n) is 6.52. The molecular weight excluding hydrogens is 306 g/mol. The third-order valence-corrected chi connectivity index (χ3v) is 4.94. The topological polar surface area (TPSA) is 32.9 Å². The van der Waals surface area contributed by atoms with Gasteiger partial charge >= 0.3 is 0 Å². The first kappa shape index (κ1) is 15.6. The molecule has 0 atom stereocenters. The number of benzene rings is 3. The van der Waals surface area contributed by atoms with Crippen molar-refractivity contribution in [2.75, 3.05) is 0 Å². The molecule has 0 radical (unpaired) electrons. The molecule has 5 rings (SSSR count). The van der Waals surface area contributed by atoms with Crippen molar-refractivity contribution in [3.63, 3.8) is 0 Å². The molecule has 1 N–H and O–H groups in total. The van der Waals surface area contributed by atoms with Gasteiger partial charge in [0.05, 0.1) is 0 Å². The van der Waals surface area contributed by atoms with Gasteiger partial charge < -0.3 is 4.98 Å². The van der Waals surface area contributed by atoms with E-state index in [1.54, 1.807) is 29.5 Å². The van der Waals surface area contributed by atoms with Crippen LogP contribution in [-0.2, 0) is 12.8 Å². The predicted octanol–water partition coefficient (Wildman–Crippen LogP) is 5.25. The van der Waals surface area contributed by atoms with E-state index >= 15 is 0 Å². The molecule has 4 aromatic rings. The van der Waals surface area contributed by atoms with Crippen LogP contribution in [0.1, 0.15) is 24.0 Å². The fourth-order valence-corrected chi connectivity index (χ4v) is 3.72. The smallest absolute Gasteiger partial charge is 0.247 e. The summed E-state index contributed by atoms with van der Waals surface area (Å²) in [5.41, 5.74) is 3.12. The van der Waals surface area contributed by atoms with E-state index in [2.05, 4.69) is 53.5 Å². The third-order valence-electron chi connectivity index (χ3n) is 4.94.